The summed E-state index contributed by atoms with van der Waals surface area (Å²) in [5.41, 5.74) is 3.01. The van der Waals surface area contributed by atoms with Gasteiger partial charge in [-0.15, -0.1) is 0 Å². The molecule has 2 aromatic carbocycles. The molecule has 3 aromatic rings. The minimum atomic E-state index is -0.544. The van der Waals surface area contributed by atoms with Crippen LogP contribution in [-0.2, 0) is 18.4 Å². The molecule has 1 saturated heterocycles. The summed E-state index contributed by atoms with van der Waals surface area (Å²) >= 11 is 0. The molecule has 7 heteroatoms. The van der Waals surface area contributed by atoms with Gasteiger partial charge in [0, 0.05) is 25.7 Å². The van der Waals surface area contributed by atoms with E-state index in [0.29, 0.717) is 25.1 Å². The first-order valence-electron chi connectivity index (χ1n) is 8.76. The number of nitrogens with one attached hydrogen (secondary N) is 1. The van der Waals surface area contributed by atoms with Crippen LogP contribution in [0.3, 0.4) is 0 Å². The number of imidazole rings is 1. The quantitative estimate of drug-likeness (QED) is 0.770. The molecule has 0 aliphatic carbocycles. The molecule has 27 heavy (non-hydrogen) atoms. The number of amides is 2. The molecule has 1 atom stereocenters. The Kier molecular flexibility index (Phi) is 4.35. The molecule has 0 spiro atoms. The Balaban J connectivity index is 1.42. The molecule has 2 heterocycles. The molecule has 1 fully saturated rings. The fourth-order valence-electron chi connectivity index (χ4n) is 3.36. The van der Waals surface area contributed by atoms with Crippen LogP contribution in [-0.4, -0.2) is 38.9 Å². The Morgan fingerprint density at radius 2 is 2.04 bits per heavy atom. The lowest BCUT2D eigenvalue weighted by Crippen LogP contribution is -2.41. The van der Waals surface area contributed by atoms with E-state index in [2.05, 4.69) is 10.3 Å². The minimum Gasteiger partial charge on any atom is -0.340 e. The Bertz CT molecular complexity index is 1010. The molecule has 1 N–H and O–H groups in total. The summed E-state index contributed by atoms with van der Waals surface area (Å²) in [4.78, 5) is 31.1. The van der Waals surface area contributed by atoms with Crippen LogP contribution in [0.2, 0.25) is 0 Å². The van der Waals surface area contributed by atoms with Gasteiger partial charge in [-0.25, -0.2) is 9.37 Å². The van der Waals surface area contributed by atoms with Crippen LogP contribution >= 0.6 is 0 Å². The molecule has 1 aliphatic rings. The number of nitrogens with zero attached hydrogens (tertiary/aromatic N) is 3. The van der Waals surface area contributed by atoms with Gasteiger partial charge in [0.2, 0.25) is 5.91 Å². The van der Waals surface area contributed by atoms with E-state index in [4.69, 9.17) is 0 Å². The number of carbonyl (C=O) groups excluding carboxylic acids is 2. The first-order chi connectivity index (χ1) is 13.0. The van der Waals surface area contributed by atoms with Gasteiger partial charge in [-0.1, -0.05) is 12.1 Å². The Morgan fingerprint density at radius 1 is 1.26 bits per heavy atom. The Morgan fingerprint density at radius 3 is 2.81 bits per heavy atom. The largest absolute Gasteiger partial charge is 0.340 e. The summed E-state index contributed by atoms with van der Waals surface area (Å²) in [6.07, 6.45) is 2.25. The summed E-state index contributed by atoms with van der Waals surface area (Å²) in [6.45, 7) is 0.964. The predicted molar refractivity (Wildman–Crippen MR) is 98.4 cm³/mol. The second kappa shape index (κ2) is 6.83. The average molecular weight is 366 g/mol. The lowest BCUT2D eigenvalue weighted by Gasteiger charge is -2.17. The van der Waals surface area contributed by atoms with Gasteiger partial charge in [-0.2, -0.15) is 0 Å². The average Bonchev–Trinajstić information content (AvgIpc) is 3.20. The molecule has 0 saturated carbocycles. The van der Waals surface area contributed by atoms with Crippen LogP contribution in [0.1, 0.15) is 22.3 Å². The molecule has 138 valence electrons. The third kappa shape index (κ3) is 3.40. The lowest BCUT2D eigenvalue weighted by molar-refractivity contribution is -0.129. The number of aromatic nitrogens is 2. The van der Waals surface area contributed by atoms with Crippen LogP contribution in [0.4, 0.5) is 4.39 Å². The van der Waals surface area contributed by atoms with E-state index in [1.807, 2.05) is 17.7 Å². The second-order valence-corrected chi connectivity index (χ2v) is 6.76. The highest BCUT2D eigenvalue weighted by Crippen LogP contribution is 2.18. The fraction of sp³-hybridized carbons (Fsp3) is 0.250. The van der Waals surface area contributed by atoms with E-state index in [0.717, 1.165) is 16.6 Å². The normalized spacial score (nSPS) is 16.9. The number of aryl methyl sites for hydroxylation is 1. The lowest BCUT2D eigenvalue weighted by atomic mass is 10.1. The third-order valence-corrected chi connectivity index (χ3v) is 4.88. The maximum Gasteiger partial charge on any atom is 0.252 e. The maximum atomic E-state index is 13.0. The minimum absolute atomic E-state index is 0.119. The van der Waals surface area contributed by atoms with E-state index in [-0.39, 0.29) is 17.6 Å². The predicted octanol–water partition coefficient (Wildman–Crippen LogP) is 2.24. The molecule has 1 aliphatic heterocycles. The fourth-order valence-corrected chi connectivity index (χ4v) is 3.36. The molecular formula is C20H19FN4O2. The van der Waals surface area contributed by atoms with Gasteiger partial charge in [0.15, 0.2) is 0 Å². The molecule has 4 rings (SSSR count). The highest BCUT2D eigenvalue weighted by atomic mass is 19.1. The molecule has 6 nitrogen and oxygen atoms in total. The van der Waals surface area contributed by atoms with Crippen molar-refractivity contribution in [3.63, 3.8) is 0 Å². The van der Waals surface area contributed by atoms with Crippen LogP contribution in [0.5, 0.6) is 0 Å². The molecule has 0 unspecified atom stereocenters. The maximum absolute atomic E-state index is 13.0. The monoisotopic (exact) mass is 366 g/mol. The number of rotatable bonds is 4. The summed E-state index contributed by atoms with van der Waals surface area (Å²) in [5, 5.41) is 2.82. The van der Waals surface area contributed by atoms with Gasteiger partial charge in [-0.05, 0) is 42.3 Å². The first kappa shape index (κ1) is 17.2. The van der Waals surface area contributed by atoms with Gasteiger partial charge < -0.3 is 14.8 Å². The van der Waals surface area contributed by atoms with Gasteiger partial charge >= 0.3 is 0 Å². The van der Waals surface area contributed by atoms with E-state index in [9.17, 15) is 14.0 Å². The second-order valence-electron chi connectivity index (χ2n) is 6.76. The number of likely N-dealkylation sites (tertiary alicyclic amines) is 1. The standard InChI is InChI=1S/C20H19FN4O2/c1-24-12-22-17-10-14(4-7-18(17)24)19(26)23-16-8-9-25(20(16)27)11-13-2-5-15(21)6-3-13/h2-7,10,12,16H,8-9,11H2,1H3,(H,23,26)/t16-/m1/s1. The number of benzene rings is 2. The zero-order chi connectivity index (χ0) is 19.0. The van der Waals surface area contributed by atoms with Crippen molar-refractivity contribution in [3.8, 4) is 0 Å². The number of hydrogen-bond donors (Lipinski definition) is 1. The molecular weight excluding hydrogens is 347 g/mol. The zero-order valence-corrected chi connectivity index (χ0v) is 14.9. The number of halogens is 1. The van der Waals surface area contributed by atoms with Crippen molar-refractivity contribution in [3.05, 3.63) is 65.7 Å². The van der Waals surface area contributed by atoms with Crippen LogP contribution in [0.25, 0.3) is 11.0 Å². The number of carbonyl (C=O) groups is 2. The zero-order valence-electron chi connectivity index (χ0n) is 14.9. The van der Waals surface area contributed by atoms with E-state index in [1.165, 1.54) is 12.1 Å². The van der Waals surface area contributed by atoms with E-state index >= 15 is 0 Å². The van der Waals surface area contributed by atoms with E-state index < -0.39 is 6.04 Å². The Hall–Kier alpha value is -3.22. The van der Waals surface area contributed by atoms with Crippen LogP contribution < -0.4 is 5.32 Å². The summed E-state index contributed by atoms with van der Waals surface area (Å²) in [5.74, 6) is -0.711. The van der Waals surface area contributed by atoms with Crippen LogP contribution in [0, 0.1) is 5.82 Å². The SMILES string of the molecule is Cn1cnc2cc(C(=O)N[C@@H]3CCN(Cc4ccc(F)cc4)C3=O)ccc21. The highest BCUT2D eigenvalue weighted by Gasteiger charge is 2.32. The van der Waals surface area contributed by atoms with Crippen molar-refractivity contribution < 1.29 is 14.0 Å². The number of fused-ring (bicyclic) bond motifs is 1. The molecule has 0 radical (unpaired) electrons. The first-order valence-corrected chi connectivity index (χ1v) is 8.76. The third-order valence-electron chi connectivity index (χ3n) is 4.88. The molecule has 0 bridgehead atoms. The highest BCUT2D eigenvalue weighted by molar-refractivity contribution is 6.00. The molecule has 1 aromatic heterocycles. The van der Waals surface area contributed by atoms with Gasteiger partial charge in [-0.3, -0.25) is 9.59 Å². The van der Waals surface area contributed by atoms with Crippen molar-refractivity contribution >= 4 is 22.8 Å². The van der Waals surface area contributed by atoms with Crippen molar-refractivity contribution in [2.24, 2.45) is 7.05 Å². The van der Waals surface area contributed by atoms with Gasteiger partial charge in [0.05, 0.1) is 17.4 Å². The van der Waals surface area contributed by atoms with Crippen molar-refractivity contribution in [2.45, 2.75) is 19.0 Å². The van der Waals surface area contributed by atoms with Crippen molar-refractivity contribution in [2.75, 3.05) is 6.54 Å². The summed E-state index contributed by atoms with van der Waals surface area (Å²) in [6, 6.07) is 10.8. The Labute approximate surface area is 155 Å². The van der Waals surface area contributed by atoms with Crippen LogP contribution in [0.15, 0.2) is 48.8 Å². The van der Waals surface area contributed by atoms with Crippen molar-refractivity contribution in [1.82, 2.24) is 19.8 Å². The topological polar surface area (TPSA) is 67.2 Å². The summed E-state index contributed by atoms with van der Waals surface area (Å²) in [7, 11) is 1.89. The number of hydrogen-bond acceptors (Lipinski definition) is 3. The van der Waals surface area contributed by atoms with Crippen molar-refractivity contribution in [1.29, 1.82) is 0 Å². The van der Waals surface area contributed by atoms with Gasteiger partial charge in [0.25, 0.3) is 5.91 Å². The molecule has 2 amide bonds. The van der Waals surface area contributed by atoms with E-state index in [1.54, 1.807) is 35.5 Å². The summed E-state index contributed by atoms with van der Waals surface area (Å²) < 4.78 is 14.9. The van der Waals surface area contributed by atoms with Gasteiger partial charge in [0.1, 0.15) is 11.9 Å². The smallest absolute Gasteiger partial charge is 0.252 e.